The van der Waals surface area contributed by atoms with Crippen molar-refractivity contribution in [2.45, 2.75) is 41.5 Å². The van der Waals surface area contributed by atoms with Gasteiger partial charge in [-0.25, -0.2) is 0 Å². The van der Waals surface area contributed by atoms with E-state index >= 15 is 0 Å². The fourth-order valence-electron chi connectivity index (χ4n) is 9.19. The molecule has 0 bridgehead atoms. The SMILES string of the molecule is Cc1c2ccccc2cn1C.Cc1c2oc3ccccc3c2cn1C.Cc1cc2c3ccccc3oc2n1C.Cc1cc2ccccc2n1C.Cc1cc2oc3ccccc3c2n1C.Cc1cccn1C.[B].[B]B([B])B([B])[B].[B]B([B])[B].[B][B].[B][B]B([B])[B].[B][B][B]. The minimum atomic E-state index is -0.667. The van der Waals surface area contributed by atoms with Gasteiger partial charge in [-0.1, -0.05) is 91.0 Å². The highest BCUT2D eigenvalue weighted by molar-refractivity contribution is 7.76. The minimum Gasteiger partial charge on any atom is -0.454 e. The van der Waals surface area contributed by atoms with Gasteiger partial charge in [-0.15, -0.1) is 0 Å². The molecule has 0 spiro atoms. The molecule has 0 saturated carbocycles. The summed E-state index contributed by atoms with van der Waals surface area (Å²) < 4.78 is 30.1. The van der Waals surface area contributed by atoms with Crippen molar-refractivity contribution in [3.63, 3.8) is 0 Å². The van der Waals surface area contributed by atoms with E-state index in [9.17, 15) is 0 Å². The van der Waals surface area contributed by atoms with Gasteiger partial charge in [0.25, 0.3) is 0 Å². The van der Waals surface area contributed by atoms with Gasteiger partial charge in [-0.3, -0.25) is 0 Å². The maximum atomic E-state index is 5.78. The van der Waals surface area contributed by atoms with Crippen LogP contribution in [-0.2, 0) is 42.3 Å². The van der Waals surface area contributed by atoms with Crippen molar-refractivity contribution in [2.24, 2.45) is 42.3 Å². The molecule has 0 N–H and O–H groups in total. The third kappa shape index (κ3) is 21.8. The molecular weight excluding hydrogens is 1100 g/mol. The van der Waals surface area contributed by atoms with E-state index in [0.29, 0.717) is 0 Å². The number of rotatable bonds is 2. The molecule has 9 aromatic heterocycles. The number of hydrogen-bond donors (Lipinski definition) is 0. The predicted molar refractivity (Wildman–Crippen MR) is 419 cm³/mol. The largest absolute Gasteiger partial charge is 0.454 e. The zero-order valence-electron chi connectivity index (χ0n) is 55.2. The molecule has 14 aromatic rings. The van der Waals surface area contributed by atoms with E-state index in [1.807, 2.05) is 88.0 Å². The van der Waals surface area contributed by atoms with E-state index in [4.69, 9.17) is 67.4 Å². The zero-order valence-corrected chi connectivity index (χ0v) is 55.2. The van der Waals surface area contributed by atoms with Gasteiger partial charge < -0.3 is 40.7 Å². The monoisotopic (exact) mass is 1170 g/mol. The summed E-state index contributed by atoms with van der Waals surface area (Å²) in [6.45, 7) is 12.6. The van der Waals surface area contributed by atoms with E-state index in [1.54, 1.807) is 0 Å². The first-order valence-electron chi connectivity index (χ1n) is 29.1. The number of nitrogens with zero attached hydrogens (tertiary/aromatic N) is 6. The second kappa shape index (κ2) is 38.9. The van der Waals surface area contributed by atoms with Crippen molar-refractivity contribution in [3.8, 4) is 0 Å². The molecule has 9 heterocycles. The van der Waals surface area contributed by atoms with Gasteiger partial charge in [0.2, 0.25) is 5.71 Å². The Morgan fingerprint density at radius 1 is 0.391 bits per heavy atom. The molecule has 0 fully saturated rings. The van der Waals surface area contributed by atoms with Gasteiger partial charge in [0.15, 0.2) is 11.2 Å². The van der Waals surface area contributed by atoms with Crippen LogP contribution in [0.25, 0.3) is 87.8 Å². The molecule has 423 valence electrons. The predicted octanol–water partition coefficient (Wildman–Crippen LogP) is 8.01. The number of aromatic nitrogens is 6. The van der Waals surface area contributed by atoms with Gasteiger partial charge in [-0.2, -0.15) is 0 Å². The van der Waals surface area contributed by atoms with Crippen LogP contribution in [-0.4, -0.2) is 184 Å². The average Bonchev–Trinajstić information content (AvgIpc) is 1.64. The fourth-order valence-corrected chi connectivity index (χ4v) is 9.19. The molecule has 33 radical (unpaired) electrons. The average molecular weight is 1170 g/mol. The van der Waals surface area contributed by atoms with Crippen LogP contribution in [0.4, 0.5) is 0 Å². The van der Waals surface area contributed by atoms with E-state index in [-0.39, 0.29) is 8.41 Å². The Hall–Kier alpha value is -6.94. The maximum Gasteiger partial charge on any atom is 0.208 e. The number of aryl methyl sites for hydroxylation is 12. The van der Waals surface area contributed by atoms with Crippen molar-refractivity contribution < 1.29 is 13.3 Å². The third-order valence-corrected chi connectivity index (χ3v) is 14.7. The van der Waals surface area contributed by atoms with Crippen LogP contribution in [0.15, 0.2) is 184 Å². The lowest BCUT2D eigenvalue weighted by Crippen LogP contribution is -2.38. The molecule has 9 nitrogen and oxygen atoms in total. The van der Waals surface area contributed by atoms with Crippen LogP contribution >= 0.6 is 0 Å². The molecule has 0 amide bonds. The lowest BCUT2D eigenvalue weighted by Gasteiger charge is -2.00. The van der Waals surface area contributed by atoms with E-state index < -0.39 is 25.5 Å². The Bertz CT molecular complexity index is 4210. The highest BCUT2D eigenvalue weighted by Crippen LogP contribution is 2.33. The standard InChI is InChI=1S/3C12H11NO.2C10H11N.C6H9N.B6.B5.B4.B3.B2.B/c1-8-12-10(7-13(8)2)9-5-3-4-6-11(9)14-12;1-8-7-10-9-5-3-4-6-11(9)14-12(10)13(8)2;1-8-7-11-12(13(8)2)9-5-3-4-6-10(9)14-11;1-8-10-6-4-3-5-9(10)7-11(8)2;1-8-7-9-5-3-4-6-10(9)11(8)2;1-6-4-3-5-7(6)2;1-5(2)6(3)4;1-4-5(2)3;1-4(2)3;1-3-2;1-2;/h3*3-7H,1-2H3;2*3-7H,1-2H3;3-5H,1-2H3;;;;;;. The smallest absolute Gasteiger partial charge is 0.208 e. The van der Waals surface area contributed by atoms with Crippen molar-refractivity contribution >= 4 is 244 Å². The molecule has 5 aromatic carbocycles. The van der Waals surface area contributed by atoms with Gasteiger partial charge in [0, 0.05) is 290 Å². The third-order valence-electron chi connectivity index (χ3n) is 14.7. The van der Waals surface area contributed by atoms with Crippen LogP contribution in [0.3, 0.4) is 0 Å². The topological polar surface area (TPSA) is 69.0 Å². The van der Waals surface area contributed by atoms with Crippen LogP contribution in [0.1, 0.15) is 34.2 Å². The molecule has 0 atom stereocenters. The summed E-state index contributed by atoms with van der Waals surface area (Å²) in [7, 11) is 80.0. The summed E-state index contributed by atoms with van der Waals surface area (Å²) in [4.78, 5) is 0. The van der Waals surface area contributed by atoms with E-state index in [0.717, 1.165) is 40.7 Å². The van der Waals surface area contributed by atoms with E-state index in [1.165, 1.54) is 95.3 Å². The molecule has 0 unspecified atom stereocenters. The van der Waals surface area contributed by atoms with Crippen LogP contribution in [0.2, 0.25) is 0 Å². The van der Waals surface area contributed by atoms with Crippen LogP contribution < -0.4 is 0 Å². The van der Waals surface area contributed by atoms with Crippen molar-refractivity contribution in [1.82, 2.24) is 27.4 Å². The lowest BCUT2D eigenvalue weighted by atomic mass is 8.81. The highest BCUT2D eigenvalue weighted by atomic mass is 16.3. The van der Waals surface area contributed by atoms with Crippen molar-refractivity contribution in [2.75, 3.05) is 0 Å². The first kappa shape index (κ1) is 79.3. The molecule has 0 aliphatic heterocycles. The Kier molecular flexibility index (Phi) is 33.6. The second-order valence-corrected chi connectivity index (χ2v) is 21.3. The van der Waals surface area contributed by atoms with Crippen molar-refractivity contribution in [3.05, 3.63) is 204 Å². The number of hydrogen-bond acceptors (Lipinski definition) is 3. The highest BCUT2D eigenvalue weighted by Gasteiger charge is 2.14. The first-order chi connectivity index (χ1) is 43.3. The Morgan fingerprint density at radius 2 is 0.826 bits per heavy atom. The zero-order chi connectivity index (χ0) is 67.8. The quantitative estimate of drug-likeness (QED) is 0.165. The van der Waals surface area contributed by atoms with Gasteiger partial charge in [-0.05, 0) is 107 Å². The first-order valence-corrected chi connectivity index (χ1v) is 29.1. The summed E-state index contributed by atoms with van der Waals surface area (Å²) >= 11 is 0. The molecule has 92 heavy (non-hydrogen) atoms. The Balaban J connectivity index is 0.000000274. The molecule has 14 rings (SSSR count). The van der Waals surface area contributed by atoms with E-state index in [2.05, 4.69) is 248 Å². The minimum absolute atomic E-state index is 0. The van der Waals surface area contributed by atoms with Gasteiger partial charge in [0.1, 0.15) is 16.7 Å². The lowest BCUT2D eigenvalue weighted by molar-refractivity contribution is 0.626. The summed E-state index contributed by atoms with van der Waals surface area (Å²) in [6.07, 6.45) is 4.00. The Labute approximate surface area is 569 Å². The number of furan rings is 3. The van der Waals surface area contributed by atoms with Crippen LogP contribution in [0, 0.1) is 41.5 Å². The maximum absolute atomic E-state index is 5.78. The van der Waals surface area contributed by atoms with Crippen LogP contribution in [0.5, 0.6) is 0 Å². The summed E-state index contributed by atoms with van der Waals surface area (Å²) in [5, 5.41) is 10.0. The summed E-state index contributed by atoms with van der Waals surface area (Å²) in [5.41, 5.74) is 15.9. The second-order valence-electron chi connectivity index (χ2n) is 21.3. The summed E-state index contributed by atoms with van der Waals surface area (Å²) in [5.74, 6) is 0. The van der Waals surface area contributed by atoms with Gasteiger partial charge in [0.05, 0.1) is 11.2 Å². The van der Waals surface area contributed by atoms with Gasteiger partial charge >= 0.3 is 0 Å². The normalized spacial score (nSPS) is 9.83. The van der Waals surface area contributed by atoms with Crippen molar-refractivity contribution in [1.29, 1.82) is 0 Å². The summed E-state index contributed by atoms with van der Waals surface area (Å²) in [6, 6.07) is 51.9. The molecule has 0 saturated heterocycles. The number of fused-ring (bicyclic) bond motifs is 11. The number of para-hydroxylation sites is 4. The molecule has 0 aliphatic rings. The number of benzene rings is 5. The molecule has 0 aliphatic carbocycles. The molecular formula is C62H64B21N6O3. The fraction of sp³-hybridized carbons (Fsp3) is 0.194. The molecule has 30 heteroatoms. The Morgan fingerprint density at radius 3 is 1.30 bits per heavy atom.